The van der Waals surface area contributed by atoms with Crippen LogP contribution in [0.25, 0.3) is 0 Å². The van der Waals surface area contributed by atoms with Gasteiger partial charge in [0.1, 0.15) is 0 Å². The van der Waals surface area contributed by atoms with E-state index >= 15 is 0 Å². The zero-order valence-electron chi connectivity index (χ0n) is 13.7. The van der Waals surface area contributed by atoms with E-state index in [2.05, 4.69) is 4.90 Å². The number of likely N-dealkylation sites (tertiary alicyclic amines) is 2. The van der Waals surface area contributed by atoms with Gasteiger partial charge in [-0.05, 0) is 37.6 Å². The molecule has 6 heteroatoms. The molecule has 0 unspecified atom stereocenters. The van der Waals surface area contributed by atoms with Crippen molar-refractivity contribution in [1.29, 1.82) is 0 Å². The van der Waals surface area contributed by atoms with Crippen LogP contribution in [0.2, 0.25) is 5.02 Å². The number of benzene rings is 1. The molecule has 1 aromatic carbocycles. The Morgan fingerprint density at radius 3 is 2.38 bits per heavy atom. The SMILES string of the molecule is O=C(C1CCN(Cc2ccccc2Cl)CC1)N1CCC(F)(F)CC1. The van der Waals surface area contributed by atoms with Crippen molar-refractivity contribution in [2.24, 2.45) is 5.92 Å². The summed E-state index contributed by atoms with van der Waals surface area (Å²) in [5.74, 6) is -2.57. The van der Waals surface area contributed by atoms with E-state index in [9.17, 15) is 13.6 Å². The number of amides is 1. The Morgan fingerprint density at radius 2 is 1.75 bits per heavy atom. The van der Waals surface area contributed by atoms with Crippen molar-refractivity contribution < 1.29 is 13.6 Å². The van der Waals surface area contributed by atoms with Gasteiger partial charge in [0.25, 0.3) is 5.92 Å². The number of hydrogen-bond donors (Lipinski definition) is 0. The topological polar surface area (TPSA) is 23.6 Å². The summed E-state index contributed by atoms with van der Waals surface area (Å²) in [5, 5.41) is 0.768. The predicted octanol–water partition coefficient (Wildman–Crippen LogP) is 3.81. The molecule has 0 aromatic heterocycles. The highest BCUT2D eigenvalue weighted by Crippen LogP contribution is 2.30. The first-order valence-corrected chi connectivity index (χ1v) is 8.95. The Kier molecular flexibility index (Phi) is 5.40. The molecule has 2 heterocycles. The lowest BCUT2D eigenvalue weighted by atomic mass is 9.93. The maximum Gasteiger partial charge on any atom is 0.251 e. The molecule has 1 amide bonds. The van der Waals surface area contributed by atoms with Crippen LogP contribution < -0.4 is 0 Å². The third-order valence-corrected chi connectivity index (χ3v) is 5.46. The van der Waals surface area contributed by atoms with Crippen LogP contribution in [0.5, 0.6) is 0 Å². The van der Waals surface area contributed by atoms with Crippen molar-refractivity contribution in [2.75, 3.05) is 26.2 Å². The van der Waals surface area contributed by atoms with Crippen molar-refractivity contribution >= 4 is 17.5 Å². The summed E-state index contributed by atoms with van der Waals surface area (Å²) in [4.78, 5) is 16.5. The van der Waals surface area contributed by atoms with E-state index in [0.717, 1.165) is 43.1 Å². The standard InChI is InChI=1S/C18H23ClF2N2O/c19-16-4-2-1-3-15(16)13-22-9-5-14(6-10-22)17(24)23-11-7-18(20,21)8-12-23/h1-4,14H,5-13H2. The number of piperidine rings is 2. The second kappa shape index (κ2) is 7.36. The summed E-state index contributed by atoms with van der Waals surface area (Å²) in [6.45, 7) is 2.84. The average Bonchev–Trinajstić information content (AvgIpc) is 2.57. The molecule has 132 valence electrons. The van der Waals surface area contributed by atoms with Crippen molar-refractivity contribution in [3.05, 3.63) is 34.9 Å². The maximum atomic E-state index is 13.2. The molecule has 24 heavy (non-hydrogen) atoms. The van der Waals surface area contributed by atoms with E-state index in [-0.39, 0.29) is 37.8 Å². The number of nitrogens with zero attached hydrogens (tertiary/aromatic N) is 2. The summed E-state index contributed by atoms with van der Waals surface area (Å²) in [7, 11) is 0. The molecule has 0 N–H and O–H groups in total. The molecular weight excluding hydrogens is 334 g/mol. The molecule has 0 bridgehead atoms. The van der Waals surface area contributed by atoms with E-state index in [0.29, 0.717) is 0 Å². The molecular formula is C18H23ClF2N2O. The fraction of sp³-hybridized carbons (Fsp3) is 0.611. The molecule has 3 nitrogen and oxygen atoms in total. The summed E-state index contributed by atoms with van der Waals surface area (Å²) in [5.41, 5.74) is 1.10. The summed E-state index contributed by atoms with van der Waals surface area (Å²) in [6, 6.07) is 7.80. The van der Waals surface area contributed by atoms with Crippen LogP contribution in [0, 0.1) is 5.92 Å². The number of alkyl halides is 2. The Morgan fingerprint density at radius 1 is 1.12 bits per heavy atom. The van der Waals surface area contributed by atoms with E-state index in [1.807, 2.05) is 24.3 Å². The van der Waals surface area contributed by atoms with E-state index < -0.39 is 5.92 Å². The molecule has 1 aromatic rings. The van der Waals surface area contributed by atoms with Gasteiger partial charge in [0.2, 0.25) is 5.91 Å². The maximum absolute atomic E-state index is 13.2. The van der Waals surface area contributed by atoms with Crippen LogP contribution >= 0.6 is 11.6 Å². The Bertz CT molecular complexity index is 578. The van der Waals surface area contributed by atoms with Crippen molar-refractivity contribution in [3.63, 3.8) is 0 Å². The zero-order valence-corrected chi connectivity index (χ0v) is 14.4. The smallest absolute Gasteiger partial charge is 0.251 e. The van der Waals surface area contributed by atoms with Gasteiger partial charge in [-0.15, -0.1) is 0 Å². The molecule has 0 radical (unpaired) electrons. The zero-order chi connectivity index (χ0) is 17.2. The first-order chi connectivity index (χ1) is 11.4. The van der Waals surface area contributed by atoms with Crippen LogP contribution in [0.3, 0.4) is 0 Å². The third-order valence-electron chi connectivity index (χ3n) is 5.10. The molecule has 2 aliphatic heterocycles. The summed E-state index contributed by atoms with van der Waals surface area (Å²) >= 11 is 6.20. The van der Waals surface area contributed by atoms with Gasteiger partial charge >= 0.3 is 0 Å². The third kappa shape index (κ3) is 4.25. The molecule has 2 fully saturated rings. The Balaban J connectivity index is 1.48. The van der Waals surface area contributed by atoms with Crippen molar-refractivity contribution in [3.8, 4) is 0 Å². The molecule has 0 spiro atoms. The lowest BCUT2D eigenvalue weighted by molar-refractivity contribution is -0.143. The predicted molar refractivity (Wildman–Crippen MR) is 90.2 cm³/mol. The summed E-state index contributed by atoms with van der Waals surface area (Å²) in [6.07, 6.45) is 1.17. The fourth-order valence-electron chi connectivity index (χ4n) is 3.52. The highest BCUT2D eigenvalue weighted by molar-refractivity contribution is 6.31. The second-order valence-electron chi connectivity index (χ2n) is 6.82. The van der Waals surface area contributed by atoms with E-state index in [1.165, 1.54) is 0 Å². The lowest BCUT2D eigenvalue weighted by Gasteiger charge is -2.37. The van der Waals surface area contributed by atoms with Gasteiger partial charge in [-0.3, -0.25) is 9.69 Å². The molecule has 0 saturated carbocycles. The van der Waals surface area contributed by atoms with Crippen molar-refractivity contribution in [2.45, 2.75) is 38.2 Å². The van der Waals surface area contributed by atoms with Crippen LogP contribution in [0.1, 0.15) is 31.2 Å². The van der Waals surface area contributed by atoms with Crippen LogP contribution in [0.4, 0.5) is 8.78 Å². The van der Waals surface area contributed by atoms with Gasteiger partial charge in [-0.1, -0.05) is 29.8 Å². The molecule has 0 atom stereocenters. The highest BCUT2D eigenvalue weighted by atomic mass is 35.5. The molecule has 2 saturated heterocycles. The molecule has 2 aliphatic rings. The fourth-order valence-corrected chi connectivity index (χ4v) is 3.71. The van der Waals surface area contributed by atoms with Gasteiger partial charge in [0, 0.05) is 43.4 Å². The molecule has 3 rings (SSSR count). The van der Waals surface area contributed by atoms with Crippen LogP contribution in [-0.2, 0) is 11.3 Å². The molecule has 0 aliphatic carbocycles. The number of carbonyl (C=O) groups excluding carboxylic acids is 1. The minimum atomic E-state index is -2.60. The monoisotopic (exact) mass is 356 g/mol. The van der Waals surface area contributed by atoms with Crippen LogP contribution in [0.15, 0.2) is 24.3 Å². The largest absolute Gasteiger partial charge is 0.342 e. The van der Waals surface area contributed by atoms with E-state index in [4.69, 9.17) is 11.6 Å². The Hall–Kier alpha value is -1.20. The van der Waals surface area contributed by atoms with Gasteiger partial charge in [-0.25, -0.2) is 8.78 Å². The number of carbonyl (C=O) groups is 1. The first kappa shape index (κ1) is 17.6. The Labute approximate surface area is 146 Å². The van der Waals surface area contributed by atoms with Gasteiger partial charge in [-0.2, -0.15) is 0 Å². The number of rotatable bonds is 3. The van der Waals surface area contributed by atoms with Gasteiger partial charge in [0.15, 0.2) is 0 Å². The van der Waals surface area contributed by atoms with Gasteiger partial charge in [0.05, 0.1) is 0 Å². The van der Waals surface area contributed by atoms with E-state index in [1.54, 1.807) is 4.90 Å². The van der Waals surface area contributed by atoms with Crippen molar-refractivity contribution in [1.82, 2.24) is 9.80 Å². The lowest BCUT2D eigenvalue weighted by Crippen LogP contribution is -2.47. The van der Waals surface area contributed by atoms with Gasteiger partial charge < -0.3 is 4.90 Å². The minimum Gasteiger partial charge on any atom is -0.342 e. The second-order valence-corrected chi connectivity index (χ2v) is 7.23. The normalized spacial score (nSPS) is 22.5. The number of halogens is 3. The minimum absolute atomic E-state index is 0.0285. The summed E-state index contributed by atoms with van der Waals surface area (Å²) < 4.78 is 26.4. The highest BCUT2D eigenvalue weighted by Gasteiger charge is 2.37. The van der Waals surface area contributed by atoms with Crippen LogP contribution in [-0.4, -0.2) is 47.8 Å². The first-order valence-electron chi connectivity index (χ1n) is 8.57. The average molecular weight is 357 g/mol. The quantitative estimate of drug-likeness (QED) is 0.822. The number of hydrogen-bond acceptors (Lipinski definition) is 2.